The van der Waals surface area contributed by atoms with Gasteiger partial charge in [0.05, 0.1) is 18.5 Å². The standard InChI is InChI=1S/C19H26N4O2S2/c1-3-4-6-15-9-11-16(12-10-15)13-20-19(26)21-14-17-7-5-8-18(22-17)23-27(2,24)25/h5,7-12H,3-4,6,13-14H2,1-2H3,(H,22,23)(H2,20,21,26). The Hall–Kier alpha value is -2.19. The molecule has 6 nitrogen and oxygen atoms in total. The van der Waals surface area contributed by atoms with Crippen LogP contribution in [0.15, 0.2) is 42.5 Å². The van der Waals surface area contributed by atoms with Crippen LogP contribution in [-0.2, 0) is 29.5 Å². The molecule has 1 aromatic carbocycles. The molecule has 0 unspecified atom stereocenters. The highest BCUT2D eigenvalue weighted by Crippen LogP contribution is 2.08. The van der Waals surface area contributed by atoms with Crippen LogP contribution in [0, 0.1) is 0 Å². The summed E-state index contributed by atoms with van der Waals surface area (Å²) in [7, 11) is -3.34. The molecule has 0 aliphatic carbocycles. The minimum absolute atomic E-state index is 0.291. The van der Waals surface area contributed by atoms with E-state index in [4.69, 9.17) is 12.2 Å². The molecule has 0 atom stereocenters. The van der Waals surface area contributed by atoms with E-state index < -0.39 is 10.0 Å². The van der Waals surface area contributed by atoms with Gasteiger partial charge in [0, 0.05) is 6.54 Å². The number of unbranched alkanes of at least 4 members (excludes halogenated alkanes) is 1. The van der Waals surface area contributed by atoms with Crippen LogP contribution in [-0.4, -0.2) is 24.8 Å². The van der Waals surface area contributed by atoms with Crippen LogP contribution in [0.3, 0.4) is 0 Å². The van der Waals surface area contributed by atoms with Gasteiger partial charge >= 0.3 is 0 Å². The fraction of sp³-hybridized carbons (Fsp3) is 0.368. The van der Waals surface area contributed by atoms with Gasteiger partial charge in [0.15, 0.2) is 5.11 Å². The number of nitrogens with one attached hydrogen (secondary N) is 3. The van der Waals surface area contributed by atoms with Crippen LogP contribution >= 0.6 is 12.2 Å². The van der Waals surface area contributed by atoms with Crippen molar-refractivity contribution in [1.29, 1.82) is 0 Å². The number of hydrogen-bond acceptors (Lipinski definition) is 4. The Bertz CT molecular complexity index is 852. The highest BCUT2D eigenvalue weighted by atomic mass is 32.2. The van der Waals surface area contributed by atoms with Gasteiger partial charge in [0.1, 0.15) is 5.82 Å². The largest absolute Gasteiger partial charge is 0.359 e. The van der Waals surface area contributed by atoms with Crippen molar-refractivity contribution in [3.05, 3.63) is 59.3 Å². The fourth-order valence-electron chi connectivity index (χ4n) is 2.45. The summed E-state index contributed by atoms with van der Waals surface area (Å²) in [5.74, 6) is 0.291. The molecule has 0 fully saturated rings. The van der Waals surface area contributed by atoms with Gasteiger partial charge in [-0.25, -0.2) is 13.4 Å². The van der Waals surface area contributed by atoms with Crippen molar-refractivity contribution in [2.75, 3.05) is 11.0 Å². The van der Waals surface area contributed by atoms with E-state index in [9.17, 15) is 8.42 Å². The maximum absolute atomic E-state index is 11.3. The summed E-state index contributed by atoms with van der Waals surface area (Å²) in [5, 5.41) is 6.77. The lowest BCUT2D eigenvalue weighted by Gasteiger charge is -2.11. The van der Waals surface area contributed by atoms with Gasteiger partial charge in [0.25, 0.3) is 0 Å². The highest BCUT2D eigenvalue weighted by molar-refractivity contribution is 7.92. The van der Waals surface area contributed by atoms with E-state index in [1.165, 1.54) is 18.4 Å². The van der Waals surface area contributed by atoms with Crippen molar-refractivity contribution in [3.63, 3.8) is 0 Å². The summed E-state index contributed by atoms with van der Waals surface area (Å²) < 4.78 is 24.9. The lowest BCUT2D eigenvalue weighted by molar-refractivity contribution is 0.606. The lowest BCUT2D eigenvalue weighted by atomic mass is 10.1. The normalized spacial score (nSPS) is 11.0. The first-order valence-corrected chi connectivity index (χ1v) is 11.2. The van der Waals surface area contributed by atoms with Gasteiger partial charge in [-0.3, -0.25) is 4.72 Å². The summed E-state index contributed by atoms with van der Waals surface area (Å²) in [4.78, 5) is 4.24. The van der Waals surface area contributed by atoms with Gasteiger partial charge in [-0.15, -0.1) is 0 Å². The third-order valence-electron chi connectivity index (χ3n) is 3.82. The molecule has 0 saturated carbocycles. The van der Waals surface area contributed by atoms with E-state index >= 15 is 0 Å². The fourth-order valence-corrected chi connectivity index (χ4v) is 3.08. The van der Waals surface area contributed by atoms with E-state index in [0.717, 1.165) is 18.2 Å². The molecule has 0 aliphatic heterocycles. The maximum atomic E-state index is 11.3. The SMILES string of the molecule is CCCCc1ccc(CNC(=S)NCc2cccc(NS(C)(=O)=O)n2)cc1. The number of rotatable bonds is 9. The van der Waals surface area contributed by atoms with Gasteiger partial charge < -0.3 is 10.6 Å². The van der Waals surface area contributed by atoms with Gasteiger partial charge in [-0.05, 0) is 48.3 Å². The monoisotopic (exact) mass is 406 g/mol. The summed E-state index contributed by atoms with van der Waals surface area (Å²) in [5.41, 5.74) is 3.21. The molecule has 1 heterocycles. The topological polar surface area (TPSA) is 83.1 Å². The number of aromatic nitrogens is 1. The second-order valence-electron chi connectivity index (χ2n) is 6.34. The third kappa shape index (κ3) is 8.36. The average molecular weight is 407 g/mol. The van der Waals surface area contributed by atoms with Crippen molar-refractivity contribution in [3.8, 4) is 0 Å². The van der Waals surface area contributed by atoms with Crippen LogP contribution in [0.4, 0.5) is 5.82 Å². The van der Waals surface area contributed by atoms with Crippen LogP contribution < -0.4 is 15.4 Å². The molecule has 27 heavy (non-hydrogen) atoms. The second kappa shape index (κ2) is 10.2. The Labute approximate surface area is 166 Å². The third-order valence-corrected chi connectivity index (χ3v) is 4.69. The number of sulfonamides is 1. The Morgan fingerprint density at radius 2 is 1.70 bits per heavy atom. The first kappa shape index (κ1) is 21.1. The van der Waals surface area contributed by atoms with Gasteiger partial charge in [0.2, 0.25) is 10.0 Å². The zero-order valence-corrected chi connectivity index (χ0v) is 17.3. The summed E-state index contributed by atoms with van der Waals surface area (Å²) in [6, 6.07) is 13.7. The molecule has 2 aromatic rings. The van der Waals surface area contributed by atoms with Crippen molar-refractivity contribution >= 4 is 33.2 Å². The lowest BCUT2D eigenvalue weighted by Crippen LogP contribution is -2.34. The Morgan fingerprint density at radius 3 is 2.37 bits per heavy atom. The number of thiocarbonyl (C=S) groups is 1. The van der Waals surface area contributed by atoms with E-state index in [1.807, 2.05) is 0 Å². The van der Waals surface area contributed by atoms with E-state index in [2.05, 4.69) is 51.5 Å². The van der Waals surface area contributed by atoms with Crippen LogP contribution in [0.25, 0.3) is 0 Å². The maximum Gasteiger partial charge on any atom is 0.230 e. The average Bonchev–Trinajstić information content (AvgIpc) is 2.63. The first-order valence-electron chi connectivity index (χ1n) is 8.89. The highest BCUT2D eigenvalue weighted by Gasteiger charge is 2.04. The van der Waals surface area contributed by atoms with Crippen molar-refractivity contribution in [1.82, 2.24) is 15.6 Å². The molecule has 0 radical (unpaired) electrons. The molecule has 0 aliphatic rings. The smallest absolute Gasteiger partial charge is 0.230 e. The van der Waals surface area contributed by atoms with Crippen molar-refractivity contribution in [2.24, 2.45) is 0 Å². The number of nitrogens with zero attached hydrogens (tertiary/aromatic N) is 1. The molecule has 0 saturated heterocycles. The van der Waals surface area contributed by atoms with Gasteiger partial charge in [-0.1, -0.05) is 43.7 Å². The number of hydrogen-bond donors (Lipinski definition) is 3. The first-order chi connectivity index (χ1) is 12.9. The molecular weight excluding hydrogens is 380 g/mol. The number of benzene rings is 1. The summed E-state index contributed by atoms with van der Waals surface area (Å²) in [6.45, 7) is 3.24. The molecular formula is C19H26N4O2S2. The minimum Gasteiger partial charge on any atom is -0.359 e. The molecule has 2 rings (SSSR count). The number of anilines is 1. The van der Waals surface area contributed by atoms with Crippen molar-refractivity contribution in [2.45, 2.75) is 39.3 Å². The van der Waals surface area contributed by atoms with Crippen LogP contribution in [0.5, 0.6) is 0 Å². The van der Waals surface area contributed by atoms with E-state index in [0.29, 0.717) is 29.7 Å². The zero-order chi connectivity index (χ0) is 19.7. The zero-order valence-electron chi connectivity index (χ0n) is 15.7. The Balaban J connectivity index is 1.78. The quantitative estimate of drug-likeness (QED) is 0.556. The van der Waals surface area contributed by atoms with Crippen molar-refractivity contribution < 1.29 is 8.42 Å². The molecule has 0 bridgehead atoms. The molecule has 1 aromatic heterocycles. The molecule has 0 amide bonds. The molecule has 0 spiro atoms. The predicted molar refractivity (Wildman–Crippen MR) is 114 cm³/mol. The Morgan fingerprint density at radius 1 is 1.04 bits per heavy atom. The number of pyridine rings is 1. The predicted octanol–water partition coefficient (Wildman–Crippen LogP) is 2.96. The van der Waals surface area contributed by atoms with Crippen LogP contribution in [0.2, 0.25) is 0 Å². The Kier molecular flexibility index (Phi) is 7.99. The second-order valence-corrected chi connectivity index (χ2v) is 8.50. The molecule has 3 N–H and O–H groups in total. The molecule has 8 heteroatoms. The van der Waals surface area contributed by atoms with Crippen LogP contribution in [0.1, 0.15) is 36.6 Å². The van der Waals surface area contributed by atoms with E-state index in [1.54, 1.807) is 18.2 Å². The summed E-state index contributed by atoms with van der Waals surface area (Å²) >= 11 is 5.29. The molecule has 146 valence electrons. The van der Waals surface area contributed by atoms with Gasteiger partial charge in [-0.2, -0.15) is 0 Å². The summed E-state index contributed by atoms with van der Waals surface area (Å²) in [6.07, 6.45) is 4.62. The van der Waals surface area contributed by atoms with E-state index in [-0.39, 0.29) is 0 Å². The minimum atomic E-state index is -3.34. The number of aryl methyl sites for hydroxylation is 1.